The molecule has 0 saturated carbocycles. The number of ether oxygens (including phenoxy) is 1. The van der Waals surface area contributed by atoms with Gasteiger partial charge in [0.1, 0.15) is 30.5 Å². The molecule has 2 atom stereocenters. The van der Waals surface area contributed by atoms with Crippen molar-refractivity contribution in [2.45, 2.75) is 72.8 Å². The highest BCUT2D eigenvalue weighted by Gasteiger charge is 2.61. The fourth-order valence-electron chi connectivity index (χ4n) is 5.33. The first-order valence-corrected chi connectivity index (χ1v) is 16.9. The average molecular weight is 646 g/mol. The molecule has 3 rings (SSSR count). The number of benzene rings is 1. The summed E-state index contributed by atoms with van der Waals surface area (Å²) in [6, 6.07) is 15.0. The van der Waals surface area contributed by atoms with E-state index in [1.807, 2.05) is 0 Å². The summed E-state index contributed by atoms with van der Waals surface area (Å²) < 4.78 is 56.7. The molecule has 9 nitrogen and oxygen atoms in total. The number of rotatable bonds is 11. The van der Waals surface area contributed by atoms with E-state index >= 15 is 0 Å². The Morgan fingerprint density at radius 1 is 0.978 bits per heavy atom. The summed E-state index contributed by atoms with van der Waals surface area (Å²) in [5.41, 5.74) is -2.81. The first-order chi connectivity index (χ1) is 21.0. The number of anilines is 1. The van der Waals surface area contributed by atoms with Gasteiger partial charge in [0.2, 0.25) is 14.9 Å². The molecule has 45 heavy (non-hydrogen) atoms. The number of carbonyl (C=O) groups is 2. The summed E-state index contributed by atoms with van der Waals surface area (Å²) >= 11 is 0. The highest BCUT2D eigenvalue weighted by Crippen LogP contribution is 2.49. The van der Waals surface area contributed by atoms with Crippen LogP contribution in [-0.4, -0.2) is 42.5 Å². The van der Waals surface area contributed by atoms with Crippen LogP contribution >= 0.6 is 0 Å². The molecule has 2 unspecified atom stereocenters. The number of nitrogens with one attached hydrogen (secondary N) is 2. The number of alkyl halides is 3. The van der Waals surface area contributed by atoms with Gasteiger partial charge in [-0.1, -0.05) is 65.0 Å². The third kappa shape index (κ3) is 9.04. The number of nitrogens with zero attached hydrogens (tertiary/aromatic N) is 2. The Morgan fingerprint density at radius 2 is 1.60 bits per heavy atom. The van der Waals surface area contributed by atoms with Gasteiger partial charge in [-0.15, -0.1) is 0 Å². The molecule has 0 aliphatic heterocycles. The van der Waals surface area contributed by atoms with Crippen LogP contribution in [0.1, 0.15) is 40.2 Å². The van der Waals surface area contributed by atoms with E-state index < -0.39 is 62.3 Å². The van der Waals surface area contributed by atoms with Crippen LogP contribution in [0.2, 0.25) is 13.1 Å². The normalized spacial score (nSPS) is 14.1. The van der Waals surface area contributed by atoms with Gasteiger partial charge in [-0.2, -0.15) is 13.2 Å². The third-order valence-corrected chi connectivity index (χ3v) is 7.84. The summed E-state index contributed by atoms with van der Waals surface area (Å²) in [5.74, 6) is -3.72. The van der Waals surface area contributed by atoms with Crippen molar-refractivity contribution in [1.82, 2.24) is 14.9 Å². The van der Waals surface area contributed by atoms with E-state index in [1.165, 1.54) is 26.8 Å². The van der Waals surface area contributed by atoms with Crippen LogP contribution in [0.15, 0.2) is 71.8 Å². The van der Waals surface area contributed by atoms with Crippen LogP contribution < -0.4 is 16.2 Å². The van der Waals surface area contributed by atoms with Gasteiger partial charge in [0.25, 0.3) is 5.56 Å². The maximum absolute atomic E-state index is 14.8. The number of hydrogen-bond acceptors (Lipinski definition) is 6. The monoisotopic (exact) mass is 645 g/mol. The van der Waals surface area contributed by atoms with Crippen molar-refractivity contribution in [1.29, 1.82) is 0 Å². The Labute approximate surface area is 262 Å². The number of aromatic nitrogens is 2. The second-order valence-corrected chi connectivity index (χ2v) is 14.3. The first-order valence-electron chi connectivity index (χ1n) is 14.4. The van der Waals surface area contributed by atoms with Crippen LogP contribution in [-0.2, 0) is 27.1 Å². The van der Waals surface area contributed by atoms with Crippen LogP contribution in [0, 0.1) is 17.3 Å². The van der Waals surface area contributed by atoms with Gasteiger partial charge in [-0.25, -0.2) is 4.79 Å². The first kappa shape index (κ1) is 35.5. The maximum Gasteiger partial charge on any atom is 0.412 e. The van der Waals surface area contributed by atoms with Gasteiger partial charge in [0.05, 0.1) is 5.69 Å². The molecule has 243 valence electrons. The van der Waals surface area contributed by atoms with Crippen molar-refractivity contribution in [3.8, 4) is 11.3 Å². The third-order valence-electron chi connectivity index (χ3n) is 7.09. The molecule has 0 fully saturated rings. The zero-order valence-electron chi connectivity index (χ0n) is 26.5. The molecule has 2 aromatic heterocycles. The fourth-order valence-corrected chi connectivity index (χ4v) is 6.41. The molecule has 0 spiro atoms. The molecule has 0 aliphatic rings. The predicted molar refractivity (Wildman–Crippen MR) is 167 cm³/mol. The van der Waals surface area contributed by atoms with E-state index in [4.69, 9.17) is 9.16 Å². The minimum atomic E-state index is -4.72. The smallest absolute Gasteiger partial charge is 0.412 e. The van der Waals surface area contributed by atoms with Gasteiger partial charge in [-0.3, -0.25) is 24.5 Å². The fraction of sp³-hybridized carbons (Fsp3) is 0.438. The van der Waals surface area contributed by atoms with Crippen molar-refractivity contribution in [2.24, 2.45) is 17.3 Å². The quantitative estimate of drug-likeness (QED) is 0.179. The average Bonchev–Trinajstić information content (AvgIpc) is 2.93. The zero-order chi connectivity index (χ0) is 33.6. The van der Waals surface area contributed by atoms with E-state index in [1.54, 1.807) is 87.9 Å². The number of hydrogen-bond donors (Lipinski definition) is 2. The second-order valence-electron chi connectivity index (χ2n) is 12.3. The van der Waals surface area contributed by atoms with Gasteiger partial charge in [0.15, 0.2) is 0 Å². The Hall–Kier alpha value is -3.97. The lowest BCUT2D eigenvalue weighted by atomic mass is 9.70. The molecule has 0 saturated heterocycles. The van der Waals surface area contributed by atoms with Crippen molar-refractivity contribution < 1.29 is 31.9 Å². The molecule has 2 N–H and O–H groups in total. The molecule has 1 aromatic carbocycles. The minimum absolute atomic E-state index is 0.0727. The van der Waals surface area contributed by atoms with E-state index in [0.717, 1.165) is 4.57 Å². The SMILES string of the molecule is CC(C)C(NC(=O)Cn1c(-c2ccccc2)ccc(NC(=O)OCc2ccncc2)c1=O)(O[Si](C)C)C(C(C)(C)C)C(F)(F)F. The van der Waals surface area contributed by atoms with Gasteiger partial charge in [0, 0.05) is 18.3 Å². The van der Waals surface area contributed by atoms with E-state index in [2.05, 4.69) is 15.6 Å². The molecule has 1 radical (unpaired) electrons. The number of carbonyl (C=O) groups excluding carboxylic acids is 2. The summed E-state index contributed by atoms with van der Waals surface area (Å²) in [6.45, 7) is 10.2. The van der Waals surface area contributed by atoms with Gasteiger partial charge >= 0.3 is 12.3 Å². The Balaban J connectivity index is 2.03. The lowest BCUT2D eigenvalue weighted by Crippen LogP contribution is -2.67. The molecule has 2 heterocycles. The van der Waals surface area contributed by atoms with Gasteiger partial charge in [-0.05, 0) is 53.9 Å². The van der Waals surface area contributed by atoms with Crippen LogP contribution in [0.3, 0.4) is 0 Å². The lowest BCUT2D eigenvalue weighted by molar-refractivity contribution is -0.265. The summed E-state index contributed by atoms with van der Waals surface area (Å²) in [7, 11) is -1.77. The van der Waals surface area contributed by atoms with Crippen LogP contribution in [0.5, 0.6) is 0 Å². The lowest BCUT2D eigenvalue weighted by Gasteiger charge is -2.50. The van der Waals surface area contributed by atoms with Crippen LogP contribution in [0.25, 0.3) is 11.3 Å². The molecule has 2 amide bonds. The molecule has 13 heteroatoms. The largest absolute Gasteiger partial charge is 0.444 e. The van der Waals surface area contributed by atoms with Crippen molar-refractivity contribution >= 4 is 26.7 Å². The topological polar surface area (TPSA) is 112 Å². The predicted octanol–water partition coefficient (Wildman–Crippen LogP) is 6.62. The zero-order valence-corrected chi connectivity index (χ0v) is 27.5. The van der Waals surface area contributed by atoms with E-state index in [-0.39, 0.29) is 12.3 Å². The molecule has 0 bridgehead atoms. The minimum Gasteiger partial charge on any atom is -0.444 e. The summed E-state index contributed by atoms with van der Waals surface area (Å²) in [5, 5.41) is 5.01. The second kappa shape index (κ2) is 14.4. The Morgan fingerprint density at radius 3 is 2.13 bits per heavy atom. The van der Waals surface area contributed by atoms with Crippen molar-refractivity contribution in [3.63, 3.8) is 0 Å². The number of pyridine rings is 2. The van der Waals surface area contributed by atoms with Gasteiger partial charge < -0.3 is 14.5 Å². The summed E-state index contributed by atoms with van der Waals surface area (Å²) in [4.78, 5) is 44.0. The highest BCUT2D eigenvalue weighted by molar-refractivity contribution is 6.48. The van der Waals surface area contributed by atoms with Crippen molar-refractivity contribution in [3.05, 3.63) is 82.9 Å². The molecule has 3 aromatic rings. The maximum atomic E-state index is 14.8. The van der Waals surface area contributed by atoms with Crippen molar-refractivity contribution in [2.75, 3.05) is 5.32 Å². The van der Waals surface area contributed by atoms with E-state index in [0.29, 0.717) is 16.8 Å². The molecular weight excluding hydrogens is 605 g/mol. The Bertz CT molecular complexity index is 1500. The van der Waals surface area contributed by atoms with E-state index in [9.17, 15) is 27.6 Å². The number of amides is 2. The highest BCUT2D eigenvalue weighted by atomic mass is 28.3. The van der Waals surface area contributed by atoms with Crippen LogP contribution in [0.4, 0.5) is 23.7 Å². The Kier molecular flexibility index (Phi) is 11.4. The molecule has 0 aliphatic carbocycles. The number of halogens is 3. The standard InChI is InChI=1S/C32H40F3N4O5Si/c1-21(2)31(44-45(6)7,28(30(3,4)5)32(33,34)35)38-26(40)19-39-25(23-11-9-8-10-12-23)14-13-24(27(39)41)37-29(42)43-20-22-15-17-36-18-16-22/h8-18,21,28H,19-20H2,1-7H3,(H,37,42)(H,38,40). The molecular formula is C32H40F3N4O5Si. The summed E-state index contributed by atoms with van der Waals surface area (Å²) in [6.07, 6.45) is -2.54.